The molecule has 8 heteroatoms. The molecule has 0 aliphatic carbocycles. The molecule has 0 spiro atoms. The van der Waals surface area contributed by atoms with Gasteiger partial charge >= 0.3 is 0 Å². The van der Waals surface area contributed by atoms with E-state index in [-0.39, 0.29) is 18.1 Å². The first-order chi connectivity index (χ1) is 14.0. The summed E-state index contributed by atoms with van der Waals surface area (Å²) in [6.07, 6.45) is 2.45. The molecule has 2 N–H and O–H groups in total. The average molecular weight is 399 g/mol. The van der Waals surface area contributed by atoms with Crippen molar-refractivity contribution >= 4 is 17.5 Å². The van der Waals surface area contributed by atoms with Crippen molar-refractivity contribution in [2.45, 2.75) is 44.8 Å². The quantitative estimate of drug-likeness (QED) is 0.821. The average Bonchev–Trinajstić information content (AvgIpc) is 3.08. The summed E-state index contributed by atoms with van der Waals surface area (Å²) in [5.41, 5.74) is 1.71. The predicted molar refractivity (Wildman–Crippen MR) is 112 cm³/mol. The minimum Gasteiger partial charge on any atom is -0.372 e. The second-order valence-corrected chi connectivity index (χ2v) is 8.10. The molecular formula is C21H30N6O2. The van der Waals surface area contributed by atoms with Gasteiger partial charge in [-0.25, -0.2) is 4.68 Å². The van der Waals surface area contributed by atoms with Crippen LogP contribution in [0.15, 0.2) is 24.3 Å². The maximum absolute atomic E-state index is 12.7. The van der Waals surface area contributed by atoms with Crippen LogP contribution in [0.25, 0.3) is 0 Å². The van der Waals surface area contributed by atoms with E-state index in [0.717, 1.165) is 50.5 Å². The SMILES string of the molecule is CC1CN(c2ccc(C(=O)Nc3nc(C4CCNCC4)nn3C)cc2)CC(C)O1. The van der Waals surface area contributed by atoms with E-state index >= 15 is 0 Å². The molecule has 1 amide bonds. The second kappa shape index (κ2) is 8.51. The van der Waals surface area contributed by atoms with E-state index in [1.54, 1.807) is 4.68 Å². The Kier molecular flexibility index (Phi) is 5.82. The molecule has 1 aromatic carbocycles. The molecule has 2 atom stereocenters. The van der Waals surface area contributed by atoms with Crippen molar-refractivity contribution in [3.05, 3.63) is 35.7 Å². The van der Waals surface area contributed by atoms with Crippen molar-refractivity contribution in [3.63, 3.8) is 0 Å². The number of piperidine rings is 1. The first-order valence-electron chi connectivity index (χ1n) is 10.4. The number of aryl methyl sites for hydroxylation is 1. The summed E-state index contributed by atoms with van der Waals surface area (Å²) in [6.45, 7) is 7.85. The van der Waals surface area contributed by atoms with Gasteiger partial charge in [0.1, 0.15) is 0 Å². The highest BCUT2D eigenvalue weighted by Gasteiger charge is 2.23. The van der Waals surface area contributed by atoms with Gasteiger partial charge in [0.25, 0.3) is 5.91 Å². The number of carbonyl (C=O) groups is 1. The van der Waals surface area contributed by atoms with Crippen LogP contribution in [-0.2, 0) is 11.8 Å². The van der Waals surface area contributed by atoms with Gasteiger partial charge in [-0.05, 0) is 64.0 Å². The largest absolute Gasteiger partial charge is 0.372 e. The molecule has 29 heavy (non-hydrogen) atoms. The zero-order chi connectivity index (χ0) is 20.4. The fourth-order valence-corrected chi connectivity index (χ4v) is 4.15. The topological polar surface area (TPSA) is 84.3 Å². The highest BCUT2D eigenvalue weighted by Crippen LogP contribution is 2.24. The fourth-order valence-electron chi connectivity index (χ4n) is 4.15. The van der Waals surface area contributed by atoms with Crippen molar-refractivity contribution in [1.82, 2.24) is 20.1 Å². The van der Waals surface area contributed by atoms with E-state index in [2.05, 4.69) is 39.5 Å². The Morgan fingerprint density at radius 2 is 1.79 bits per heavy atom. The normalized spacial score (nSPS) is 23.2. The smallest absolute Gasteiger partial charge is 0.258 e. The second-order valence-electron chi connectivity index (χ2n) is 8.10. The number of nitrogens with one attached hydrogen (secondary N) is 2. The lowest BCUT2D eigenvalue weighted by Gasteiger charge is -2.36. The molecule has 2 aliphatic rings. The Morgan fingerprint density at radius 3 is 2.45 bits per heavy atom. The standard InChI is InChI=1S/C21H30N6O2/c1-14-12-27(13-15(2)29-14)18-6-4-17(5-7-18)20(28)24-21-23-19(25-26(21)3)16-8-10-22-11-9-16/h4-7,14-16,22H,8-13H2,1-3H3,(H,23,24,25,28). The third-order valence-corrected chi connectivity index (χ3v) is 5.62. The number of morpholine rings is 1. The van der Waals surface area contributed by atoms with Gasteiger partial charge in [0.15, 0.2) is 5.82 Å². The van der Waals surface area contributed by atoms with E-state index in [1.165, 1.54) is 0 Å². The van der Waals surface area contributed by atoms with Crippen LogP contribution in [0.3, 0.4) is 0 Å². The van der Waals surface area contributed by atoms with E-state index in [4.69, 9.17) is 4.74 Å². The molecule has 0 saturated carbocycles. The van der Waals surface area contributed by atoms with Gasteiger partial charge < -0.3 is 15.0 Å². The maximum Gasteiger partial charge on any atom is 0.258 e. The zero-order valence-electron chi connectivity index (χ0n) is 17.4. The Hall–Kier alpha value is -2.45. The number of hydrogen-bond donors (Lipinski definition) is 2. The van der Waals surface area contributed by atoms with Gasteiger partial charge in [-0.15, -0.1) is 0 Å². The molecule has 2 aromatic rings. The highest BCUT2D eigenvalue weighted by molar-refractivity contribution is 6.03. The van der Waals surface area contributed by atoms with E-state index in [0.29, 0.717) is 17.4 Å². The monoisotopic (exact) mass is 398 g/mol. The molecular weight excluding hydrogens is 368 g/mol. The number of hydrogen-bond acceptors (Lipinski definition) is 6. The van der Waals surface area contributed by atoms with Crippen molar-refractivity contribution in [1.29, 1.82) is 0 Å². The number of benzene rings is 1. The van der Waals surface area contributed by atoms with Gasteiger partial charge in [-0.1, -0.05) is 0 Å². The van der Waals surface area contributed by atoms with Crippen LogP contribution < -0.4 is 15.5 Å². The number of nitrogens with zero attached hydrogens (tertiary/aromatic N) is 4. The molecule has 156 valence electrons. The van der Waals surface area contributed by atoms with Crippen LogP contribution in [0, 0.1) is 0 Å². The molecule has 2 saturated heterocycles. The molecule has 0 bridgehead atoms. The lowest BCUT2D eigenvalue weighted by Crippen LogP contribution is -2.45. The number of rotatable bonds is 4. The highest BCUT2D eigenvalue weighted by atomic mass is 16.5. The van der Waals surface area contributed by atoms with E-state index in [1.807, 2.05) is 31.3 Å². The summed E-state index contributed by atoms with van der Waals surface area (Å²) in [7, 11) is 1.82. The Morgan fingerprint density at radius 1 is 1.14 bits per heavy atom. The van der Waals surface area contributed by atoms with Crippen molar-refractivity contribution in [2.75, 3.05) is 36.4 Å². The van der Waals surface area contributed by atoms with Crippen molar-refractivity contribution in [3.8, 4) is 0 Å². The van der Waals surface area contributed by atoms with Gasteiger partial charge in [0.05, 0.1) is 12.2 Å². The van der Waals surface area contributed by atoms with E-state index in [9.17, 15) is 4.79 Å². The van der Waals surface area contributed by atoms with Crippen LogP contribution in [0.2, 0.25) is 0 Å². The number of aromatic nitrogens is 3. The summed E-state index contributed by atoms with van der Waals surface area (Å²) < 4.78 is 7.45. The summed E-state index contributed by atoms with van der Waals surface area (Å²) in [4.78, 5) is 19.6. The first kappa shape index (κ1) is 19.8. The molecule has 2 fully saturated rings. The minimum atomic E-state index is -0.173. The van der Waals surface area contributed by atoms with Gasteiger partial charge in [0, 0.05) is 37.3 Å². The number of amides is 1. The lowest BCUT2D eigenvalue weighted by molar-refractivity contribution is -0.00522. The predicted octanol–water partition coefficient (Wildman–Crippen LogP) is 2.15. The van der Waals surface area contributed by atoms with Crippen LogP contribution in [0.1, 0.15) is 48.8 Å². The number of ether oxygens (including phenoxy) is 1. The van der Waals surface area contributed by atoms with Crippen molar-refractivity contribution in [2.24, 2.45) is 7.05 Å². The van der Waals surface area contributed by atoms with Crippen LogP contribution in [-0.4, -0.2) is 59.1 Å². The molecule has 0 radical (unpaired) electrons. The molecule has 2 unspecified atom stereocenters. The summed E-state index contributed by atoms with van der Waals surface area (Å²) in [5, 5.41) is 10.8. The lowest BCUT2D eigenvalue weighted by atomic mass is 9.98. The Balaban J connectivity index is 1.42. The van der Waals surface area contributed by atoms with Crippen LogP contribution in [0.4, 0.5) is 11.6 Å². The number of carbonyl (C=O) groups excluding carboxylic acids is 1. The molecule has 2 aliphatic heterocycles. The Bertz CT molecular complexity index is 833. The molecule has 3 heterocycles. The van der Waals surface area contributed by atoms with Gasteiger partial charge in [-0.2, -0.15) is 10.1 Å². The van der Waals surface area contributed by atoms with Gasteiger partial charge in [0.2, 0.25) is 5.95 Å². The molecule has 8 nitrogen and oxygen atoms in total. The molecule has 4 rings (SSSR count). The summed E-state index contributed by atoms with van der Waals surface area (Å²) >= 11 is 0. The Labute approximate surface area is 171 Å². The third kappa shape index (κ3) is 4.59. The third-order valence-electron chi connectivity index (χ3n) is 5.62. The fraction of sp³-hybridized carbons (Fsp3) is 0.571. The number of anilines is 2. The summed E-state index contributed by atoms with van der Waals surface area (Å²) in [6, 6.07) is 7.71. The minimum absolute atomic E-state index is 0.173. The summed E-state index contributed by atoms with van der Waals surface area (Å²) in [5.74, 6) is 1.48. The van der Waals surface area contributed by atoms with Crippen molar-refractivity contribution < 1.29 is 9.53 Å². The van der Waals surface area contributed by atoms with Crippen LogP contribution in [0.5, 0.6) is 0 Å². The maximum atomic E-state index is 12.7. The van der Waals surface area contributed by atoms with Crippen LogP contribution >= 0.6 is 0 Å². The first-order valence-corrected chi connectivity index (χ1v) is 10.4. The van der Waals surface area contributed by atoms with E-state index < -0.39 is 0 Å². The molecule has 1 aromatic heterocycles. The van der Waals surface area contributed by atoms with Gasteiger partial charge in [-0.3, -0.25) is 10.1 Å². The zero-order valence-corrected chi connectivity index (χ0v) is 17.4.